The van der Waals surface area contributed by atoms with Gasteiger partial charge < -0.3 is 5.32 Å². The number of thiophene rings is 1. The summed E-state index contributed by atoms with van der Waals surface area (Å²) < 4.78 is 0.984. The Morgan fingerprint density at radius 1 is 1.35 bits per heavy atom. The quantitative estimate of drug-likeness (QED) is 0.902. The number of hydrogen-bond donors (Lipinski definition) is 1. The summed E-state index contributed by atoms with van der Waals surface area (Å²) in [7, 11) is 0. The van der Waals surface area contributed by atoms with Gasteiger partial charge in [-0.2, -0.15) is 0 Å². The predicted molar refractivity (Wildman–Crippen MR) is 74.6 cm³/mol. The van der Waals surface area contributed by atoms with E-state index in [0.717, 1.165) is 10.0 Å². The monoisotopic (exact) mass is 329 g/mol. The zero-order valence-corrected chi connectivity index (χ0v) is 11.9. The smallest absolute Gasteiger partial charge is 0.263 e. The van der Waals surface area contributed by atoms with Gasteiger partial charge in [-0.1, -0.05) is 45.7 Å². The van der Waals surface area contributed by atoms with Crippen molar-refractivity contribution >= 4 is 44.8 Å². The van der Waals surface area contributed by atoms with Gasteiger partial charge in [-0.3, -0.25) is 4.79 Å². The molecule has 0 aliphatic carbocycles. The highest BCUT2D eigenvalue weighted by atomic mass is 79.9. The van der Waals surface area contributed by atoms with Crippen molar-refractivity contribution in [2.75, 3.05) is 0 Å². The molecule has 1 aromatic heterocycles. The molecule has 0 saturated carbocycles. The number of nitrogens with one attached hydrogen (secondary N) is 1. The summed E-state index contributed by atoms with van der Waals surface area (Å²) in [4.78, 5) is 12.4. The van der Waals surface area contributed by atoms with Crippen LogP contribution in [-0.4, -0.2) is 5.91 Å². The molecule has 0 unspecified atom stereocenters. The van der Waals surface area contributed by atoms with Crippen molar-refractivity contribution < 1.29 is 4.79 Å². The fourth-order valence-electron chi connectivity index (χ4n) is 1.35. The standard InChI is InChI=1S/C12H9BrClNOS/c13-9-4-2-1-3-8(9)7-15-12(16)11-10(14)5-6-17-11/h1-6H,7H2,(H,15,16). The number of carbonyl (C=O) groups is 1. The number of benzene rings is 1. The van der Waals surface area contributed by atoms with Crippen molar-refractivity contribution in [2.24, 2.45) is 0 Å². The molecule has 1 N–H and O–H groups in total. The minimum atomic E-state index is -0.138. The molecule has 2 aromatic rings. The lowest BCUT2D eigenvalue weighted by atomic mass is 10.2. The first-order chi connectivity index (χ1) is 8.18. The molecule has 0 aliphatic heterocycles. The van der Waals surface area contributed by atoms with Gasteiger partial charge in [0.1, 0.15) is 4.88 Å². The summed E-state index contributed by atoms with van der Waals surface area (Å²) in [6, 6.07) is 9.50. The van der Waals surface area contributed by atoms with Crippen molar-refractivity contribution in [3.8, 4) is 0 Å². The van der Waals surface area contributed by atoms with Crippen LogP contribution in [0.3, 0.4) is 0 Å². The van der Waals surface area contributed by atoms with Crippen LogP contribution in [0.4, 0.5) is 0 Å². The van der Waals surface area contributed by atoms with Gasteiger partial charge in [-0.15, -0.1) is 11.3 Å². The van der Waals surface area contributed by atoms with E-state index in [9.17, 15) is 4.79 Å². The first kappa shape index (κ1) is 12.6. The molecule has 0 aliphatic rings. The lowest BCUT2D eigenvalue weighted by molar-refractivity contribution is 0.0955. The van der Waals surface area contributed by atoms with Crippen LogP contribution < -0.4 is 5.32 Å². The lowest BCUT2D eigenvalue weighted by Gasteiger charge is -2.06. The van der Waals surface area contributed by atoms with E-state index in [-0.39, 0.29) is 5.91 Å². The molecule has 0 radical (unpaired) electrons. The third kappa shape index (κ3) is 3.09. The molecule has 2 nitrogen and oxygen atoms in total. The number of rotatable bonds is 3. The van der Waals surface area contributed by atoms with Crippen molar-refractivity contribution in [2.45, 2.75) is 6.54 Å². The van der Waals surface area contributed by atoms with E-state index in [4.69, 9.17) is 11.6 Å². The van der Waals surface area contributed by atoms with E-state index < -0.39 is 0 Å². The SMILES string of the molecule is O=C(NCc1ccccc1Br)c1sccc1Cl. The highest BCUT2D eigenvalue weighted by Gasteiger charge is 2.11. The summed E-state index contributed by atoms with van der Waals surface area (Å²) in [6.45, 7) is 0.481. The highest BCUT2D eigenvalue weighted by molar-refractivity contribution is 9.10. The Morgan fingerprint density at radius 2 is 2.12 bits per heavy atom. The first-order valence-electron chi connectivity index (χ1n) is 4.93. The molecule has 0 atom stereocenters. The second-order valence-electron chi connectivity index (χ2n) is 3.37. The zero-order valence-electron chi connectivity index (χ0n) is 8.74. The van der Waals surface area contributed by atoms with Crippen LogP contribution in [0.2, 0.25) is 5.02 Å². The second-order valence-corrected chi connectivity index (χ2v) is 5.55. The molecule has 0 bridgehead atoms. The van der Waals surface area contributed by atoms with Crippen LogP contribution in [-0.2, 0) is 6.54 Å². The van der Waals surface area contributed by atoms with Crippen molar-refractivity contribution in [3.05, 3.63) is 55.6 Å². The molecule has 2 rings (SSSR count). The zero-order chi connectivity index (χ0) is 12.3. The summed E-state index contributed by atoms with van der Waals surface area (Å²) in [5.74, 6) is -0.138. The Balaban J connectivity index is 2.02. The maximum Gasteiger partial charge on any atom is 0.263 e. The fraction of sp³-hybridized carbons (Fsp3) is 0.0833. The molecule has 1 heterocycles. The first-order valence-corrected chi connectivity index (χ1v) is 6.98. The molecule has 88 valence electrons. The van der Waals surface area contributed by atoms with E-state index in [1.54, 1.807) is 11.4 Å². The fourth-order valence-corrected chi connectivity index (χ4v) is 2.84. The third-order valence-electron chi connectivity index (χ3n) is 2.22. The molecular weight excluding hydrogens is 322 g/mol. The molecule has 1 aromatic carbocycles. The van der Waals surface area contributed by atoms with Gasteiger partial charge in [0.05, 0.1) is 5.02 Å². The van der Waals surface area contributed by atoms with Crippen molar-refractivity contribution in [3.63, 3.8) is 0 Å². The van der Waals surface area contributed by atoms with Gasteiger partial charge in [-0.25, -0.2) is 0 Å². The van der Waals surface area contributed by atoms with E-state index in [0.29, 0.717) is 16.4 Å². The third-order valence-corrected chi connectivity index (χ3v) is 4.33. The predicted octanol–water partition coefficient (Wildman–Crippen LogP) is 4.09. The molecule has 0 fully saturated rings. The second kappa shape index (κ2) is 5.67. The van der Waals surface area contributed by atoms with Gasteiger partial charge in [-0.05, 0) is 23.1 Å². The summed E-state index contributed by atoms with van der Waals surface area (Å²) in [6.07, 6.45) is 0. The normalized spacial score (nSPS) is 10.2. The molecule has 1 amide bonds. The summed E-state index contributed by atoms with van der Waals surface area (Å²) in [5, 5.41) is 5.14. The number of hydrogen-bond acceptors (Lipinski definition) is 2. The maximum absolute atomic E-state index is 11.8. The number of amides is 1. The highest BCUT2D eigenvalue weighted by Crippen LogP contribution is 2.22. The van der Waals surface area contributed by atoms with Crippen LogP contribution in [0.5, 0.6) is 0 Å². The molecule has 0 spiro atoms. The Labute approximate surface area is 117 Å². The Kier molecular flexibility index (Phi) is 4.20. The molecular formula is C12H9BrClNOS. The lowest BCUT2D eigenvalue weighted by Crippen LogP contribution is -2.22. The van der Waals surface area contributed by atoms with E-state index in [1.165, 1.54) is 11.3 Å². The van der Waals surface area contributed by atoms with Gasteiger partial charge in [0.2, 0.25) is 0 Å². The minimum Gasteiger partial charge on any atom is -0.347 e. The van der Waals surface area contributed by atoms with E-state index >= 15 is 0 Å². The van der Waals surface area contributed by atoms with Crippen LogP contribution in [0.25, 0.3) is 0 Å². The van der Waals surface area contributed by atoms with E-state index in [2.05, 4.69) is 21.2 Å². The van der Waals surface area contributed by atoms with Crippen LogP contribution in [0.1, 0.15) is 15.2 Å². The Bertz CT molecular complexity index is 541. The Morgan fingerprint density at radius 3 is 2.76 bits per heavy atom. The molecule has 0 saturated heterocycles. The maximum atomic E-state index is 11.8. The van der Waals surface area contributed by atoms with Crippen molar-refractivity contribution in [1.82, 2.24) is 5.32 Å². The van der Waals surface area contributed by atoms with Crippen LogP contribution >= 0.6 is 38.9 Å². The van der Waals surface area contributed by atoms with Gasteiger partial charge in [0, 0.05) is 11.0 Å². The van der Waals surface area contributed by atoms with Crippen LogP contribution in [0, 0.1) is 0 Å². The topological polar surface area (TPSA) is 29.1 Å². The Hall–Kier alpha value is -0.840. The largest absolute Gasteiger partial charge is 0.347 e. The van der Waals surface area contributed by atoms with Gasteiger partial charge in [0.25, 0.3) is 5.91 Å². The van der Waals surface area contributed by atoms with Crippen molar-refractivity contribution in [1.29, 1.82) is 0 Å². The van der Waals surface area contributed by atoms with Gasteiger partial charge in [0.15, 0.2) is 0 Å². The summed E-state index contributed by atoms with van der Waals surface area (Å²) >= 11 is 10.7. The molecule has 17 heavy (non-hydrogen) atoms. The number of carbonyl (C=O) groups excluding carboxylic acids is 1. The summed E-state index contributed by atoms with van der Waals surface area (Å²) in [5.41, 5.74) is 1.04. The molecule has 5 heteroatoms. The average molecular weight is 331 g/mol. The number of halogens is 2. The average Bonchev–Trinajstić information content (AvgIpc) is 2.74. The van der Waals surface area contributed by atoms with Gasteiger partial charge >= 0.3 is 0 Å². The van der Waals surface area contributed by atoms with E-state index in [1.807, 2.05) is 24.3 Å². The minimum absolute atomic E-state index is 0.138. The van der Waals surface area contributed by atoms with Crippen LogP contribution in [0.15, 0.2) is 40.2 Å².